The molecule has 0 radical (unpaired) electrons. The number of hydrogen-bond donors (Lipinski definition) is 1. The lowest BCUT2D eigenvalue weighted by Gasteiger charge is -2.14. The molecule has 0 spiro atoms. The second-order valence-electron chi connectivity index (χ2n) is 15.3. The monoisotopic (exact) mass is 753 g/mol. The Bertz CT molecular complexity index is 3860. The minimum atomic E-state index is 0.621. The summed E-state index contributed by atoms with van der Waals surface area (Å²) in [4.78, 5) is 19.4. The van der Waals surface area contributed by atoms with Gasteiger partial charge >= 0.3 is 0 Å². The van der Waals surface area contributed by atoms with Crippen LogP contribution in [0.3, 0.4) is 0 Å². The van der Waals surface area contributed by atoms with Crippen molar-refractivity contribution in [2.24, 2.45) is 0 Å². The van der Waals surface area contributed by atoms with E-state index < -0.39 is 0 Å². The van der Waals surface area contributed by atoms with E-state index in [4.69, 9.17) is 19.4 Å². The van der Waals surface area contributed by atoms with Crippen molar-refractivity contribution < 1.29 is 4.42 Å². The van der Waals surface area contributed by atoms with Gasteiger partial charge in [-0.25, -0.2) is 15.0 Å². The Morgan fingerprint density at radius 3 is 2.02 bits per heavy atom. The van der Waals surface area contributed by atoms with Crippen molar-refractivity contribution in [2.75, 3.05) is 0 Å². The smallest absolute Gasteiger partial charge is 0.164 e. The lowest BCUT2D eigenvalue weighted by Crippen LogP contribution is -2.01. The number of rotatable bonds is 4. The lowest BCUT2D eigenvalue weighted by molar-refractivity contribution is 0.669. The molecule has 0 saturated carbocycles. The molecule has 59 heavy (non-hydrogen) atoms. The maximum absolute atomic E-state index is 6.44. The van der Waals surface area contributed by atoms with Gasteiger partial charge in [0.25, 0.3) is 0 Å². The first-order valence-electron chi connectivity index (χ1n) is 19.9. The summed E-state index contributed by atoms with van der Waals surface area (Å²) in [6.07, 6.45) is 0. The molecule has 0 atom stereocenters. The molecule has 13 aromatic rings. The van der Waals surface area contributed by atoms with Gasteiger partial charge in [-0.05, 0) is 70.8 Å². The molecule has 0 fully saturated rings. The van der Waals surface area contributed by atoms with Crippen LogP contribution < -0.4 is 0 Å². The molecule has 0 aliphatic rings. The third kappa shape index (κ3) is 4.77. The van der Waals surface area contributed by atoms with Crippen LogP contribution >= 0.6 is 0 Å². The van der Waals surface area contributed by atoms with E-state index in [2.05, 4.69) is 161 Å². The Morgan fingerprint density at radius 2 is 1.12 bits per heavy atom. The van der Waals surface area contributed by atoms with Crippen LogP contribution in [0.25, 0.3) is 127 Å². The van der Waals surface area contributed by atoms with Crippen LogP contribution in [0.4, 0.5) is 0 Å². The van der Waals surface area contributed by atoms with Gasteiger partial charge in [-0.1, -0.05) is 127 Å². The minimum Gasteiger partial charge on any atom is -0.456 e. The van der Waals surface area contributed by atoms with Crippen LogP contribution in [0, 0.1) is 0 Å². The van der Waals surface area contributed by atoms with Gasteiger partial charge in [0.05, 0.1) is 21.9 Å². The number of aromatic nitrogens is 5. The second kappa shape index (κ2) is 12.2. The van der Waals surface area contributed by atoms with Crippen molar-refractivity contribution in [3.05, 3.63) is 182 Å². The highest BCUT2D eigenvalue weighted by atomic mass is 16.3. The van der Waals surface area contributed by atoms with Crippen molar-refractivity contribution in [1.82, 2.24) is 24.5 Å². The Labute approximate surface area is 336 Å². The Morgan fingerprint density at radius 1 is 0.424 bits per heavy atom. The van der Waals surface area contributed by atoms with Crippen molar-refractivity contribution in [3.63, 3.8) is 0 Å². The van der Waals surface area contributed by atoms with Gasteiger partial charge in [0.2, 0.25) is 0 Å². The van der Waals surface area contributed by atoms with Gasteiger partial charge < -0.3 is 14.0 Å². The first-order valence-corrected chi connectivity index (χ1v) is 19.9. The molecule has 0 unspecified atom stereocenters. The molecule has 4 aromatic heterocycles. The Hall–Kier alpha value is -8.09. The number of fused-ring (bicyclic) bond motifs is 13. The number of para-hydroxylation sites is 3. The first kappa shape index (κ1) is 32.0. The summed E-state index contributed by atoms with van der Waals surface area (Å²) < 4.78 is 8.85. The van der Waals surface area contributed by atoms with Gasteiger partial charge in [-0.2, -0.15) is 0 Å². The summed E-state index contributed by atoms with van der Waals surface area (Å²) in [5, 5.41) is 11.3. The standard InChI is InChI=1S/C53H31N5O/c1-2-13-32(14-3-1)51-55-52(34-23-22-31-12-4-5-15-33(31)28-34)57-53(56-51)43-30-42-37-16-6-9-19-44(37)54-49(42)41-29-35(24-25-36(41)43)58-45-20-10-7-17-38(45)39-26-27-47-48(50(39)58)40-18-8-11-21-46(40)59-47/h1-30,54H. The fraction of sp³-hybridized carbons (Fsp3) is 0. The van der Waals surface area contributed by atoms with Crippen molar-refractivity contribution in [3.8, 4) is 39.9 Å². The molecule has 6 heteroatoms. The lowest BCUT2D eigenvalue weighted by atomic mass is 9.98. The highest BCUT2D eigenvalue weighted by Gasteiger charge is 2.22. The van der Waals surface area contributed by atoms with Crippen molar-refractivity contribution in [1.29, 1.82) is 0 Å². The molecule has 0 saturated heterocycles. The van der Waals surface area contributed by atoms with Crippen LogP contribution in [-0.2, 0) is 0 Å². The SMILES string of the molecule is c1ccc(-c2nc(-c3ccc4ccccc4c3)nc(-c3cc4c5ccccc5[nH]c4c4cc(-n5c6ccccc6c6ccc7oc8ccccc8c7c65)ccc34)n2)cc1. The molecule has 0 aliphatic carbocycles. The van der Waals surface area contributed by atoms with E-state index in [1.54, 1.807) is 0 Å². The number of nitrogens with one attached hydrogen (secondary N) is 1. The largest absolute Gasteiger partial charge is 0.456 e. The number of aromatic amines is 1. The van der Waals surface area contributed by atoms with Gasteiger partial charge in [0, 0.05) is 60.2 Å². The highest BCUT2D eigenvalue weighted by Crippen LogP contribution is 2.43. The van der Waals surface area contributed by atoms with Crippen LogP contribution in [0.1, 0.15) is 0 Å². The van der Waals surface area contributed by atoms with Gasteiger partial charge in [-0.3, -0.25) is 0 Å². The summed E-state index contributed by atoms with van der Waals surface area (Å²) in [6, 6.07) is 63.9. The van der Waals surface area contributed by atoms with Crippen LogP contribution in [0.2, 0.25) is 0 Å². The van der Waals surface area contributed by atoms with E-state index >= 15 is 0 Å². The van der Waals surface area contributed by atoms with E-state index in [0.29, 0.717) is 17.5 Å². The summed E-state index contributed by atoms with van der Waals surface area (Å²) in [6.45, 7) is 0. The molecule has 6 nitrogen and oxygen atoms in total. The molecular formula is C53H31N5O. The highest BCUT2D eigenvalue weighted by molar-refractivity contribution is 6.25. The topological polar surface area (TPSA) is 72.5 Å². The van der Waals surface area contributed by atoms with E-state index in [9.17, 15) is 0 Å². The summed E-state index contributed by atoms with van der Waals surface area (Å²) >= 11 is 0. The molecule has 13 rings (SSSR count). The van der Waals surface area contributed by atoms with E-state index in [0.717, 1.165) is 93.3 Å². The third-order valence-electron chi connectivity index (χ3n) is 11.9. The van der Waals surface area contributed by atoms with Gasteiger partial charge in [0.15, 0.2) is 17.5 Å². The average Bonchev–Trinajstić information content (AvgIpc) is 3.98. The van der Waals surface area contributed by atoms with Gasteiger partial charge in [0.1, 0.15) is 11.2 Å². The summed E-state index contributed by atoms with van der Waals surface area (Å²) in [7, 11) is 0. The number of nitrogens with zero attached hydrogens (tertiary/aromatic N) is 4. The molecule has 0 bridgehead atoms. The maximum atomic E-state index is 6.44. The average molecular weight is 754 g/mol. The number of benzene rings is 9. The zero-order valence-electron chi connectivity index (χ0n) is 31.5. The van der Waals surface area contributed by atoms with Crippen LogP contribution in [0.15, 0.2) is 186 Å². The Kier molecular flexibility index (Phi) is 6.63. The molecule has 4 heterocycles. The van der Waals surface area contributed by atoms with E-state index in [1.165, 1.54) is 16.2 Å². The predicted octanol–water partition coefficient (Wildman–Crippen LogP) is 13.8. The normalized spacial score (nSPS) is 12.1. The molecule has 0 aliphatic heterocycles. The predicted molar refractivity (Wildman–Crippen MR) is 242 cm³/mol. The zero-order valence-corrected chi connectivity index (χ0v) is 31.5. The number of furan rings is 1. The minimum absolute atomic E-state index is 0.621. The van der Waals surface area contributed by atoms with Crippen LogP contribution in [0.5, 0.6) is 0 Å². The van der Waals surface area contributed by atoms with Gasteiger partial charge in [-0.15, -0.1) is 0 Å². The fourth-order valence-electron chi connectivity index (χ4n) is 9.25. The van der Waals surface area contributed by atoms with Crippen molar-refractivity contribution >= 4 is 87.1 Å². The molecule has 1 N–H and O–H groups in total. The molecule has 274 valence electrons. The fourth-order valence-corrected chi connectivity index (χ4v) is 9.25. The second-order valence-corrected chi connectivity index (χ2v) is 15.3. The van der Waals surface area contributed by atoms with E-state index in [1.807, 2.05) is 30.3 Å². The third-order valence-corrected chi connectivity index (χ3v) is 11.9. The quantitative estimate of drug-likeness (QED) is 0.194. The Balaban J connectivity index is 1.12. The molecule has 0 amide bonds. The molecular weight excluding hydrogens is 723 g/mol. The maximum Gasteiger partial charge on any atom is 0.164 e. The zero-order chi connectivity index (χ0) is 38.6. The summed E-state index contributed by atoms with van der Waals surface area (Å²) in [5.74, 6) is 1.88. The van der Waals surface area contributed by atoms with Crippen LogP contribution in [-0.4, -0.2) is 24.5 Å². The number of H-pyrrole nitrogens is 1. The summed E-state index contributed by atoms with van der Waals surface area (Å²) in [5.41, 5.74) is 10.0. The number of hydrogen-bond acceptors (Lipinski definition) is 4. The van der Waals surface area contributed by atoms with Crippen molar-refractivity contribution in [2.45, 2.75) is 0 Å². The first-order chi connectivity index (χ1) is 29.2. The molecule has 9 aromatic carbocycles. The van der Waals surface area contributed by atoms with E-state index in [-0.39, 0.29) is 0 Å².